The van der Waals surface area contributed by atoms with Gasteiger partial charge in [0.2, 0.25) is 0 Å². The third-order valence-electron chi connectivity index (χ3n) is 2.73. The van der Waals surface area contributed by atoms with Crippen LogP contribution in [0.3, 0.4) is 0 Å². The summed E-state index contributed by atoms with van der Waals surface area (Å²) in [5.74, 6) is -0.918. The zero-order valence-corrected chi connectivity index (χ0v) is 15.8. The summed E-state index contributed by atoms with van der Waals surface area (Å²) in [7, 11) is 2.63. The van der Waals surface area contributed by atoms with Crippen molar-refractivity contribution in [1.82, 2.24) is 5.32 Å². The average Bonchev–Trinajstić information content (AvgIpc) is 2.58. The number of nitrogens with one attached hydrogen (secondary N) is 1. The number of hydrogen-bond donors (Lipinski definition) is 1. The molecule has 0 radical (unpaired) electrons. The van der Waals surface area contributed by atoms with Gasteiger partial charge in [-0.1, -0.05) is 13.8 Å². The smallest absolute Gasteiger partial charge is 0.408 e. The van der Waals surface area contributed by atoms with E-state index in [4.69, 9.17) is 9.47 Å². The molecule has 25 heavy (non-hydrogen) atoms. The molecule has 0 bridgehead atoms. The van der Waals surface area contributed by atoms with Crippen LogP contribution in [0.5, 0.6) is 5.75 Å². The highest BCUT2D eigenvalue weighted by Crippen LogP contribution is 2.14. The van der Waals surface area contributed by atoms with E-state index in [1.807, 2.05) is 13.8 Å². The van der Waals surface area contributed by atoms with Crippen LogP contribution < -0.4 is 10.1 Å². The molecule has 1 amide bonds. The Morgan fingerprint density at radius 1 is 1.00 bits per heavy atom. The van der Waals surface area contributed by atoms with E-state index in [2.05, 4.69) is 10.1 Å². The first-order valence-electron chi connectivity index (χ1n) is 7.93. The minimum atomic E-state index is -1.48. The van der Waals surface area contributed by atoms with Gasteiger partial charge in [-0.2, -0.15) is 0 Å². The number of amides is 1. The highest BCUT2D eigenvalue weighted by Gasteiger charge is 2.32. The van der Waals surface area contributed by atoms with Gasteiger partial charge in [0.1, 0.15) is 11.4 Å². The summed E-state index contributed by atoms with van der Waals surface area (Å²) >= 11 is 0. The van der Waals surface area contributed by atoms with Gasteiger partial charge < -0.3 is 19.5 Å². The maximum absolute atomic E-state index is 12.4. The van der Waals surface area contributed by atoms with Crippen LogP contribution in [0.2, 0.25) is 0 Å². The molecule has 1 N–H and O–H groups in total. The molecule has 0 saturated heterocycles. The summed E-state index contributed by atoms with van der Waals surface area (Å²) in [5.41, 5.74) is -0.522. The van der Waals surface area contributed by atoms with Crippen molar-refractivity contribution >= 4 is 17.8 Å². The number of benzene rings is 1. The fraction of sp³-hybridized carbons (Fsp3) is 0.500. The second-order valence-electron chi connectivity index (χ2n) is 5.70. The maximum atomic E-state index is 12.4. The van der Waals surface area contributed by atoms with Crippen LogP contribution in [-0.4, -0.2) is 43.7 Å². The molecule has 1 rings (SSSR count). The fourth-order valence-electron chi connectivity index (χ4n) is 1.70. The third kappa shape index (κ3) is 7.69. The van der Waals surface area contributed by atoms with E-state index >= 15 is 0 Å². The van der Waals surface area contributed by atoms with Crippen LogP contribution in [-0.2, 0) is 14.3 Å². The van der Waals surface area contributed by atoms with Gasteiger partial charge in [-0.3, -0.25) is 4.79 Å². The third-order valence-corrected chi connectivity index (χ3v) is 2.73. The van der Waals surface area contributed by atoms with E-state index < -0.39 is 29.5 Å². The summed E-state index contributed by atoms with van der Waals surface area (Å²) in [4.78, 5) is 36.1. The number of alkyl carbamates (subject to hydrolysis) is 1. The molecule has 0 aliphatic rings. The first-order valence-corrected chi connectivity index (χ1v) is 7.93. The van der Waals surface area contributed by atoms with E-state index in [1.54, 1.807) is 32.9 Å². The molecule has 1 aromatic carbocycles. The Labute approximate surface area is 148 Å². The Balaban J connectivity index is 0.00000277. The minimum absolute atomic E-state index is 0.234. The molecule has 0 heterocycles. The van der Waals surface area contributed by atoms with Crippen LogP contribution in [0, 0.1) is 0 Å². The quantitative estimate of drug-likeness (QED) is 0.497. The topological polar surface area (TPSA) is 90.9 Å². The van der Waals surface area contributed by atoms with Crippen LogP contribution in [0.15, 0.2) is 24.3 Å². The predicted molar refractivity (Wildman–Crippen MR) is 93.8 cm³/mol. The van der Waals surface area contributed by atoms with Crippen LogP contribution in [0.1, 0.15) is 45.0 Å². The van der Waals surface area contributed by atoms with Crippen LogP contribution in [0.25, 0.3) is 0 Å². The zero-order chi connectivity index (χ0) is 19.6. The highest BCUT2D eigenvalue weighted by atomic mass is 16.6. The van der Waals surface area contributed by atoms with Crippen LogP contribution >= 0.6 is 0 Å². The van der Waals surface area contributed by atoms with Gasteiger partial charge in [0.25, 0.3) is 0 Å². The Morgan fingerprint density at radius 3 is 1.92 bits per heavy atom. The van der Waals surface area contributed by atoms with Gasteiger partial charge in [-0.05, 0) is 45.0 Å². The van der Waals surface area contributed by atoms with E-state index in [1.165, 1.54) is 19.2 Å². The summed E-state index contributed by atoms with van der Waals surface area (Å²) < 4.78 is 14.6. The number of Topliss-reactive ketones (excluding diaryl/α,β-unsaturated/α-hetero) is 1. The lowest BCUT2D eigenvalue weighted by Gasteiger charge is -2.22. The SMILES string of the molecule is CC.COC(=O)C(NC(=O)OC(C)(C)C)C(=O)c1ccc(OC)cc1. The highest BCUT2D eigenvalue weighted by molar-refractivity contribution is 6.13. The van der Waals surface area contributed by atoms with Crippen molar-refractivity contribution in [2.24, 2.45) is 0 Å². The molecular formula is C18H27NO6. The molecule has 0 aliphatic heterocycles. The van der Waals surface area contributed by atoms with Crippen molar-refractivity contribution in [3.8, 4) is 5.75 Å². The Kier molecular flexibility index (Phi) is 9.27. The van der Waals surface area contributed by atoms with Crippen LogP contribution in [0.4, 0.5) is 4.79 Å². The Hall–Kier alpha value is -2.57. The second kappa shape index (κ2) is 10.3. The number of ketones is 1. The molecule has 0 aromatic heterocycles. The summed E-state index contributed by atoms with van der Waals surface area (Å²) in [6.07, 6.45) is -0.880. The Morgan fingerprint density at radius 2 is 1.52 bits per heavy atom. The van der Waals surface area contributed by atoms with Gasteiger partial charge in [0, 0.05) is 5.56 Å². The van der Waals surface area contributed by atoms with E-state index in [9.17, 15) is 14.4 Å². The number of esters is 1. The number of carbonyl (C=O) groups is 3. The Bertz CT molecular complexity index is 574. The maximum Gasteiger partial charge on any atom is 0.408 e. The van der Waals surface area contributed by atoms with Gasteiger partial charge in [-0.15, -0.1) is 0 Å². The van der Waals surface area contributed by atoms with E-state index in [-0.39, 0.29) is 5.56 Å². The van der Waals surface area contributed by atoms with E-state index in [0.29, 0.717) is 5.75 Å². The summed E-state index contributed by atoms with van der Waals surface area (Å²) in [6, 6.07) is 4.66. The first-order chi connectivity index (χ1) is 11.7. The fourth-order valence-corrected chi connectivity index (χ4v) is 1.70. The number of ether oxygens (including phenoxy) is 3. The molecule has 0 aliphatic carbocycles. The normalized spacial score (nSPS) is 11.3. The largest absolute Gasteiger partial charge is 0.497 e. The number of methoxy groups -OCH3 is 2. The van der Waals surface area contributed by atoms with Gasteiger partial charge in [0.15, 0.2) is 11.8 Å². The lowest BCUT2D eigenvalue weighted by atomic mass is 10.0. The second-order valence-corrected chi connectivity index (χ2v) is 5.70. The number of carbonyl (C=O) groups excluding carboxylic acids is 3. The molecule has 0 fully saturated rings. The average molecular weight is 353 g/mol. The molecule has 1 unspecified atom stereocenters. The van der Waals surface area contributed by atoms with E-state index in [0.717, 1.165) is 7.11 Å². The molecule has 0 spiro atoms. The minimum Gasteiger partial charge on any atom is -0.497 e. The predicted octanol–water partition coefficient (Wildman–Crippen LogP) is 2.97. The lowest BCUT2D eigenvalue weighted by Crippen LogP contribution is -2.48. The summed E-state index contributed by atoms with van der Waals surface area (Å²) in [5, 5.41) is 2.23. The molecule has 140 valence electrons. The zero-order valence-electron chi connectivity index (χ0n) is 15.8. The van der Waals surface area contributed by atoms with Crippen molar-refractivity contribution in [3.05, 3.63) is 29.8 Å². The van der Waals surface area contributed by atoms with Crippen molar-refractivity contribution in [2.45, 2.75) is 46.3 Å². The van der Waals surface area contributed by atoms with Gasteiger partial charge in [0.05, 0.1) is 14.2 Å². The number of hydrogen-bond acceptors (Lipinski definition) is 6. The molecule has 7 nitrogen and oxygen atoms in total. The first kappa shape index (κ1) is 22.4. The molecule has 0 saturated carbocycles. The van der Waals surface area contributed by atoms with Gasteiger partial charge in [-0.25, -0.2) is 9.59 Å². The van der Waals surface area contributed by atoms with Crippen molar-refractivity contribution in [1.29, 1.82) is 0 Å². The van der Waals surface area contributed by atoms with Crippen molar-refractivity contribution in [3.63, 3.8) is 0 Å². The molecule has 1 aromatic rings. The number of rotatable bonds is 5. The van der Waals surface area contributed by atoms with Gasteiger partial charge >= 0.3 is 12.1 Å². The standard InChI is InChI=1S/C16H21NO6.C2H6/c1-16(2,3)23-15(20)17-12(14(19)22-5)13(18)10-6-8-11(21-4)9-7-10;1-2/h6-9,12H,1-5H3,(H,17,20);1-2H3. The van der Waals surface area contributed by atoms with Crippen molar-refractivity contribution in [2.75, 3.05) is 14.2 Å². The van der Waals surface area contributed by atoms with Crippen molar-refractivity contribution < 1.29 is 28.6 Å². The monoisotopic (exact) mass is 353 g/mol. The lowest BCUT2D eigenvalue weighted by molar-refractivity contribution is -0.141. The molecule has 1 atom stereocenters. The molecule has 7 heteroatoms. The molecular weight excluding hydrogens is 326 g/mol. The summed E-state index contributed by atoms with van der Waals surface area (Å²) in [6.45, 7) is 9.01.